The lowest BCUT2D eigenvalue weighted by molar-refractivity contribution is -0.136. The summed E-state index contributed by atoms with van der Waals surface area (Å²) in [7, 11) is 0. The Kier molecular flexibility index (Phi) is 6.89. The van der Waals surface area contributed by atoms with E-state index in [1.807, 2.05) is 13.8 Å². The minimum absolute atomic E-state index is 0.0519. The van der Waals surface area contributed by atoms with E-state index in [0.717, 1.165) is 25.9 Å². The minimum atomic E-state index is -0.827. The fourth-order valence-electron chi connectivity index (χ4n) is 3.07. The molecule has 2 amide bonds. The van der Waals surface area contributed by atoms with Gasteiger partial charge in [0.1, 0.15) is 5.54 Å². The van der Waals surface area contributed by atoms with E-state index >= 15 is 0 Å². The Bertz CT molecular complexity index is 376. The first-order valence-electron chi connectivity index (χ1n) is 7.83. The highest BCUT2D eigenvalue weighted by atomic mass is 16.2. The summed E-state index contributed by atoms with van der Waals surface area (Å²) in [4.78, 5) is 24.6. The topological polar surface area (TPSA) is 70.2 Å². The van der Waals surface area contributed by atoms with E-state index in [0.29, 0.717) is 12.8 Å². The van der Waals surface area contributed by atoms with Crippen LogP contribution in [0.4, 0.5) is 0 Å². The van der Waals surface area contributed by atoms with Gasteiger partial charge in [-0.2, -0.15) is 0 Å². The second-order valence-electron chi connectivity index (χ2n) is 6.13. The average Bonchev–Trinajstić information content (AvgIpc) is 2.43. The molecule has 1 unspecified atom stereocenters. The van der Waals surface area contributed by atoms with Gasteiger partial charge in [-0.05, 0) is 58.5 Å². The van der Waals surface area contributed by atoms with Crippen molar-refractivity contribution in [1.82, 2.24) is 16.0 Å². The average molecular weight is 295 g/mol. The fourth-order valence-corrected chi connectivity index (χ4v) is 3.07. The van der Waals surface area contributed by atoms with Crippen molar-refractivity contribution in [2.24, 2.45) is 5.92 Å². The predicted octanol–water partition coefficient (Wildman–Crippen LogP) is 1.35. The van der Waals surface area contributed by atoms with Gasteiger partial charge >= 0.3 is 0 Å². The van der Waals surface area contributed by atoms with Crippen molar-refractivity contribution in [1.29, 1.82) is 0 Å². The molecule has 0 aromatic carbocycles. The van der Waals surface area contributed by atoms with E-state index in [-0.39, 0.29) is 23.8 Å². The van der Waals surface area contributed by atoms with E-state index in [4.69, 9.17) is 0 Å². The summed E-state index contributed by atoms with van der Waals surface area (Å²) in [5.41, 5.74) is -0.827. The standard InChI is InChI=1S/C16H29N3O2/c1-5-6-9-16(19-13(4)20,15(21)18-12(2)3)14-7-10-17-11-8-14/h5,12,14,17H,1,6-11H2,2-4H3,(H,18,21)(H,19,20). The Labute approximate surface area is 127 Å². The highest BCUT2D eigenvalue weighted by Crippen LogP contribution is 2.31. The van der Waals surface area contributed by atoms with Crippen molar-refractivity contribution in [3.05, 3.63) is 12.7 Å². The maximum Gasteiger partial charge on any atom is 0.246 e. The Morgan fingerprint density at radius 3 is 2.48 bits per heavy atom. The quantitative estimate of drug-likeness (QED) is 0.621. The zero-order valence-electron chi connectivity index (χ0n) is 13.5. The molecule has 0 aromatic heterocycles. The van der Waals surface area contributed by atoms with Crippen molar-refractivity contribution >= 4 is 11.8 Å². The third-order valence-corrected chi connectivity index (χ3v) is 4.00. The van der Waals surface area contributed by atoms with E-state index in [1.54, 1.807) is 6.08 Å². The van der Waals surface area contributed by atoms with Gasteiger partial charge < -0.3 is 16.0 Å². The fraction of sp³-hybridized carbons (Fsp3) is 0.750. The third kappa shape index (κ3) is 4.84. The van der Waals surface area contributed by atoms with E-state index in [2.05, 4.69) is 22.5 Å². The molecule has 120 valence electrons. The number of carbonyl (C=O) groups excluding carboxylic acids is 2. The summed E-state index contributed by atoms with van der Waals surface area (Å²) >= 11 is 0. The van der Waals surface area contributed by atoms with Gasteiger partial charge in [0, 0.05) is 13.0 Å². The van der Waals surface area contributed by atoms with Gasteiger partial charge in [-0.3, -0.25) is 9.59 Å². The minimum Gasteiger partial charge on any atom is -0.352 e. The molecule has 1 saturated heterocycles. The van der Waals surface area contributed by atoms with Crippen LogP contribution in [0.15, 0.2) is 12.7 Å². The monoisotopic (exact) mass is 295 g/mol. The lowest BCUT2D eigenvalue weighted by Gasteiger charge is -2.42. The molecule has 0 spiro atoms. The number of piperidine rings is 1. The molecule has 0 aliphatic carbocycles. The summed E-state index contributed by atoms with van der Waals surface area (Å²) < 4.78 is 0. The molecule has 5 heteroatoms. The third-order valence-electron chi connectivity index (χ3n) is 4.00. The molecule has 0 radical (unpaired) electrons. The predicted molar refractivity (Wildman–Crippen MR) is 84.9 cm³/mol. The normalized spacial score (nSPS) is 18.9. The number of rotatable bonds is 7. The van der Waals surface area contributed by atoms with E-state index in [9.17, 15) is 9.59 Å². The smallest absolute Gasteiger partial charge is 0.246 e. The maximum absolute atomic E-state index is 12.8. The molecule has 1 heterocycles. The largest absolute Gasteiger partial charge is 0.352 e. The van der Waals surface area contributed by atoms with Gasteiger partial charge in [0.05, 0.1) is 0 Å². The second-order valence-corrected chi connectivity index (χ2v) is 6.13. The molecule has 1 fully saturated rings. The van der Waals surface area contributed by atoms with Gasteiger partial charge in [0.2, 0.25) is 11.8 Å². The number of amides is 2. The van der Waals surface area contributed by atoms with Crippen LogP contribution in [0.2, 0.25) is 0 Å². The van der Waals surface area contributed by atoms with Crippen molar-refractivity contribution in [3.63, 3.8) is 0 Å². The Hall–Kier alpha value is -1.36. The molecule has 21 heavy (non-hydrogen) atoms. The van der Waals surface area contributed by atoms with Crippen molar-refractivity contribution in [2.45, 2.75) is 58.0 Å². The molecular weight excluding hydrogens is 266 g/mol. The van der Waals surface area contributed by atoms with Crippen LogP contribution in [0.5, 0.6) is 0 Å². The van der Waals surface area contributed by atoms with Crippen LogP contribution < -0.4 is 16.0 Å². The Morgan fingerprint density at radius 1 is 1.38 bits per heavy atom. The Balaban J connectivity index is 3.07. The molecular formula is C16H29N3O2. The van der Waals surface area contributed by atoms with Crippen molar-refractivity contribution in [2.75, 3.05) is 13.1 Å². The SMILES string of the molecule is C=CCCC(NC(C)=O)(C(=O)NC(C)C)C1CCNCC1. The molecule has 0 bridgehead atoms. The van der Waals surface area contributed by atoms with Crippen LogP contribution >= 0.6 is 0 Å². The highest BCUT2D eigenvalue weighted by molar-refractivity contribution is 5.91. The first-order valence-corrected chi connectivity index (χ1v) is 7.83. The van der Waals surface area contributed by atoms with Crippen LogP contribution in [0.25, 0.3) is 0 Å². The lowest BCUT2D eigenvalue weighted by Crippen LogP contribution is -2.64. The second kappa shape index (κ2) is 8.17. The molecule has 5 nitrogen and oxygen atoms in total. The van der Waals surface area contributed by atoms with Crippen LogP contribution in [0, 0.1) is 5.92 Å². The molecule has 0 aromatic rings. The van der Waals surface area contributed by atoms with Gasteiger partial charge in [-0.25, -0.2) is 0 Å². The molecule has 1 atom stereocenters. The molecule has 1 aliphatic rings. The first kappa shape index (κ1) is 17.7. The van der Waals surface area contributed by atoms with Crippen LogP contribution in [0.3, 0.4) is 0 Å². The van der Waals surface area contributed by atoms with E-state index < -0.39 is 5.54 Å². The zero-order chi connectivity index (χ0) is 15.9. The van der Waals surface area contributed by atoms with Gasteiger partial charge in [-0.1, -0.05) is 6.08 Å². The molecule has 1 rings (SSSR count). The number of allylic oxidation sites excluding steroid dienone is 1. The maximum atomic E-state index is 12.8. The lowest BCUT2D eigenvalue weighted by atomic mass is 9.74. The van der Waals surface area contributed by atoms with Gasteiger partial charge in [0.25, 0.3) is 0 Å². The summed E-state index contributed by atoms with van der Waals surface area (Å²) in [6, 6.07) is 0.0519. The highest BCUT2D eigenvalue weighted by Gasteiger charge is 2.45. The van der Waals surface area contributed by atoms with Crippen LogP contribution in [-0.4, -0.2) is 36.5 Å². The Morgan fingerprint density at radius 2 is 2.00 bits per heavy atom. The summed E-state index contributed by atoms with van der Waals surface area (Å²) in [5, 5.41) is 9.27. The van der Waals surface area contributed by atoms with Crippen LogP contribution in [-0.2, 0) is 9.59 Å². The molecule has 3 N–H and O–H groups in total. The molecule has 1 aliphatic heterocycles. The number of carbonyl (C=O) groups is 2. The van der Waals surface area contributed by atoms with Crippen LogP contribution in [0.1, 0.15) is 46.5 Å². The van der Waals surface area contributed by atoms with Crippen molar-refractivity contribution in [3.8, 4) is 0 Å². The molecule has 0 saturated carbocycles. The number of nitrogens with one attached hydrogen (secondary N) is 3. The number of hydrogen-bond donors (Lipinski definition) is 3. The summed E-state index contributed by atoms with van der Waals surface area (Å²) in [6.07, 6.45) is 4.89. The first-order chi connectivity index (χ1) is 9.92. The van der Waals surface area contributed by atoms with Crippen molar-refractivity contribution < 1.29 is 9.59 Å². The number of hydrogen-bond acceptors (Lipinski definition) is 3. The summed E-state index contributed by atoms with van der Waals surface area (Å²) in [6.45, 7) is 10.9. The van der Waals surface area contributed by atoms with E-state index in [1.165, 1.54) is 6.92 Å². The summed E-state index contributed by atoms with van der Waals surface area (Å²) in [5.74, 6) is -0.0701. The van der Waals surface area contributed by atoms with Gasteiger partial charge in [-0.15, -0.1) is 6.58 Å². The van der Waals surface area contributed by atoms with Gasteiger partial charge in [0.15, 0.2) is 0 Å². The zero-order valence-corrected chi connectivity index (χ0v) is 13.5.